The summed E-state index contributed by atoms with van der Waals surface area (Å²) in [7, 11) is 1.70. The Kier molecular flexibility index (Phi) is 4.38. The Bertz CT molecular complexity index is 1220. The van der Waals surface area contributed by atoms with Gasteiger partial charge >= 0.3 is 0 Å². The smallest absolute Gasteiger partial charge is 0.163 e. The number of hydrogen-bond acceptors (Lipinski definition) is 7. The lowest BCUT2D eigenvalue weighted by atomic mass is 10.0. The number of pyridine rings is 1. The quantitative estimate of drug-likeness (QED) is 0.489. The topological polar surface area (TPSA) is 59.3 Å². The summed E-state index contributed by atoms with van der Waals surface area (Å²) in [6.07, 6.45) is 4.52. The summed E-state index contributed by atoms with van der Waals surface area (Å²) in [6, 6.07) is 14.4. The number of aromatic nitrogens is 4. The second kappa shape index (κ2) is 7.39. The lowest BCUT2D eigenvalue weighted by Crippen LogP contribution is -2.31. The van der Waals surface area contributed by atoms with Crippen LogP contribution in [-0.2, 0) is 26.2 Å². The molecule has 5 heterocycles. The Morgan fingerprint density at radius 3 is 2.81 bits per heavy atom. The van der Waals surface area contributed by atoms with Gasteiger partial charge in [0.15, 0.2) is 5.82 Å². The molecular formula is C23H22N6OS. The van der Waals surface area contributed by atoms with Gasteiger partial charge in [-0.3, -0.25) is 0 Å². The Balaban J connectivity index is 1.36. The highest BCUT2D eigenvalue weighted by Gasteiger charge is 2.33. The zero-order chi connectivity index (χ0) is 20.8. The first-order chi connectivity index (χ1) is 15.3. The van der Waals surface area contributed by atoms with Crippen LogP contribution in [0.15, 0.2) is 55.0 Å². The second-order valence-corrected chi connectivity index (χ2v) is 8.90. The Labute approximate surface area is 184 Å². The lowest BCUT2D eigenvalue weighted by Gasteiger charge is -2.30. The molecule has 4 aromatic rings. The molecule has 0 unspecified atom stereocenters. The van der Waals surface area contributed by atoms with E-state index in [1.165, 1.54) is 26.6 Å². The molecule has 2 aliphatic rings. The van der Waals surface area contributed by atoms with Crippen molar-refractivity contribution in [3.05, 3.63) is 71.0 Å². The first-order valence-electron chi connectivity index (χ1n) is 10.4. The molecule has 6 rings (SSSR count). The van der Waals surface area contributed by atoms with Crippen molar-refractivity contribution in [3.63, 3.8) is 0 Å². The summed E-state index contributed by atoms with van der Waals surface area (Å²) >= 11 is 1.89. The molecule has 0 N–H and O–H groups in total. The first kappa shape index (κ1) is 18.4. The number of rotatable bonds is 4. The maximum Gasteiger partial charge on any atom is 0.163 e. The number of thiophene rings is 1. The standard InChI is InChI=1S/C23H22N6OS/c1-30-17-7-5-16(6-8-17)12-28-15-29-22(25-14-26-29)21-18-9-11-27(13-19(18)31-23(21)28)20-4-2-3-10-24-20/h2-8,10,14H,9,11-13,15H2,1H3. The molecule has 0 radical (unpaired) electrons. The molecule has 7 nitrogen and oxygen atoms in total. The third kappa shape index (κ3) is 3.14. The number of hydrogen-bond donors (Lipinski definition) is 0. The van der Waals surface area contributed by atoms with Crippen molar-refractivity contribution >= 4 is 22.2 Å². The molecule has 1 aromatic carbocycles. The normalized spacial score (nSPS) is 14.7. The fourth-order valence-corrected chi connectivity index (χ4v) is 5.79. The minimum atomic E-state index is 0.706. The van der Waals surface area contributed by atoms with Gasteiger partial charge < -0.3 is 14.5 Å². The molecule has 2 aliphatic heterocycles. The highest BCUT2D eigenvalue weighted by Crippen LogP contribution is 2.47. The van der Waals surface area contributed by atoms with E-state index in [1.807, 2.05) is 40.4 Å². The predicted octanol–water partition coefficient (Wildman–Crippen LogP) is 3.95. The summed E-state index contributed by atoms with van der Waals surface area (Å²) in [4.78, 5) is 15.3. The number of ether oxygens (including phenoxy) is 1. The number of anilines is 2. The zero-order valence-corrected chi connectivity index (χ0v) is 18.0. The molecule has 0 fully saturated rings. The molecule has 0 amide bonds. The van der Waals surface area contributed by atoms with Crippen LogP contribution >= 0.6 is 11.3 Å². The maximum atomic E-state index is 5.31. The van der Waals surface area contributed by atoms with E-state index in [4.69, 9.17) is 4.74 Å². The van der Waals surface area contributed by atoms with Gasteiger partial charge in [-0.25, -0.2) is 14.6 Å². The number of methoxy groups -OCH3 is 1. The van der Waals surface area contributed by atoms with Gasteiger partial charge in [-0.15, -0.1) is 11.3 Å². The van der Waals surface area contributed by atoms with Crippen LogP contribution in [0.1, 0.15) is 16.0 Å². The highest BCUT2D eigenvalue weighted by atomic mass is 32.1. The minimum Gasteiger partial charge on any atom is -0.497 e. The van der Waals surface area contributed by atoms with Crippen LogP contribution in [0.25, 0.3) is 11.4 Å². The van der Waals surface area contributed by atoms with Crippen LogP contribution in [0.3, 0.4) is 0 Å². The van der Waals surface area contributed by atoms with Crippen LogP contribution < -0.4 is 14.5 Å². The van der Waals surface area contributed by atoms with Gasteiger partial charge in [-0.2, -0.15) is 5.10 Å². The molecule has 31 heavy (non-hydrogen) atoms. The summed E-state index contributed by atoms with van der Waals surface area (Å²) < 4.78 is 7.33. The van der Waals surface area contributed by atoms with Crippen molar-refractivity contribution in [1.29, 1.82) is 0 Å². The molecule has 0 atom stereocenters. The van der Waals surface area contributed by atoms with Crippen molar-refractivity contribution < 1.29 is 4.74 Å². The predicted molar refractivity (Wildman–Crippen MR) is 122 cm³/mol. The molecule has 8 heteroatoms. The van der Waals surface area contributed by atoms with E-state index in [9.17, 15) is 0 Å². The van der Waals surface area contributed by atoms with Crippen LogP contribution in [0.4, 0.5) is 10.8 Å². The average molecular weight is 431 g/mol. The summed E-state index contributed by atoms with van der Waals surface area (Å²) in [5, 5.41) is 5.79. The Morgan fingerprint density at radius 1 is 1.10 bits per heavy atom. The Hall–Kier alpha value is -3.39. The van der Waals surface area contributed by atoms with Crippen molar-refractivity contribution in [2.75, 3.05) is 23.5 Å². The van der Waals surface area contributed by atoms with E-state index in [1.54, 1.807) is 13.4 Å². The van der Waals surface area contributed by atoms with Crippen molar-refractivity contribution in [2.24, 2.45) is 0 Å². The van der Waals surface area contributed by atoms with Gasteiger partial charge in [0.25, 0.3) is 0 Å². The fourth-order valence-electron chi connectivity index (χ4n) is 4.44. The van der Waals surface area contributed by atoms with E-state index < -0.39 is 0 Å². The van der Waals surface area contributed by atoms with E-state index in [-0.39, 0.29) is 0 Å². The summed E-state index contributed by atoms with van der Waals surface area (Å²) in [6.45, 7) is 3.37. The number of benzene rings is 1. The van der Waals surface area contributed by atoms with E-state index in [2.05, 4.69) is 49.1 Å². The number of nitrogens with zero attached hydrogens (tertiary/aromatic N) is 6. The van der Waals surface area contributed by atoms with Gasteiger partial charge in [0.2, 0.25) is 0 Å². The van der Waals surface area contributed by atoms with E-state index >= 15 is 0 Å². The van der Waals surface area contributed by atoms with Crippen molar-refractivity contribution in [2.45, 2.75) is 26.2 Å². The third-order valence-corrected chi connectivity index (χ3v) is 7.25. The van der Waals surface area contributed by atoms with Crippen LogP contribution in [0.5, 0.6) is 5.75 Å². The average Bonchev–Trinajstić information content (AvgIpc) is 3.44. The van der Waals surface area contributed by atoms with E-state index in [0.29, 0.717) is 6.67 Å². The van der Waals surface area contributed by atoms with E-state index in [0.717, 1.165) is 43.4 Å². The monoisotopic (exact) mass is 430 g/mol. The van der Waals surface area contributed by atoms with Gasteiger partial charge in [-0.1, -0.05) is 18.2 Å². The largest absolute Gasteiger partial charge is 0.497 e. The molecule has 3 aromatic heterocycles. The molecular weight excluding hydrogens is 408 g/mol. The highest BCUT2D eigenvalue weighted by molar-refractivity contribution is 7.17. The Morgan fingerprint density at radius 2 is 2.00 bits per heavy atom. The molecule has 0 aliphatic carbocycles. The molecule has 156 valence electrons. The summed E-state index contributed by atoms with van der Waals surface area (Å²) in [5.41, 5.74) is 3.93. The van der Waals surface area contributed by atoms with Gasteiger partial charge in [-0.05, 0) is 41.8 Å². The maximum absolute atomic E-state index is 5.31. The minimum absolute atomic E-state index is 0.706. The van der Waals surface area contributed by atoms with Crippen LogP contribution in [0.2, 0.25) is 0 Å². The molecule has 0 saturated carbocycles. The van der Waals surface area contributed by atoms with Gasteiger partial charge in [0, 0.05) is 24.2 Å². The summed E-state index contributed by atoms with van der Waals surface area (Å²) in [5.74, 6) is 2.91. The molecule has 0 bridgehead atoms. The fraction of sp³-hybridized carbons (Fsp3) is 0.261. The van der Waals surface area contributed by atoms with Gasteiger partial charge in [0.05, 0.1) is 19.2 Å². The van der Waals surface area contributed by atoms with Crippen molar-refractivity contribution in [1.82, 2.24) is 19.7 Å². The van der Waals surface area contributed by atoms with Crippen LogP contribution in [0, 0.1) is 0 Å². The van der Waals surface area contributed by atoms with Crippen LogP contribution in [-0.4, -0.2) is 33.4 Å². The number of fused-ring (bicyclic) bond motifs is 5. The molecule has 0 saturated heterocycles. The van der Waals surface area contributed by atoms with Crippen molar-refractivity contribution in [3.8, 4) is 17.1 Å². The second-order valence-electron chi connectivity index (χ2n) is 7.81. The zero-order valence-electron chi connectivity index (χ0n) is 17.2. The molecule has 0 spiro atoms. The SMILES string of the molecule is COc1ccc(CN2Cn3ncnc3-c3c2sc2c3CCN(c3ccccn3)C2)cc1. The van der Waals surface area contributed by atoms with Gasteiger partial charge in [0.1, 0.15) is 29.6 Å². The first-order valence-corrected chi connectivity index (χ1v) is 11.2. The lowest BCUT2D eigenvalue weighted by molar-refractivity contribution is 0.414. The third-order valence-electron chi connectivity index (χ3n) is 5.98.